The maximum absolute atomic E-state index is 10.7. The summed E-state index contributed by atoms with van der Waals surface area (Å²) in [7, 11) is 0. The first kappa shape index (κ1) is 12.3. The molecule has 1 N–H and O–H groups in total. The Labute approximate surface area is 110 Å². The summed E-state index contributed by atoms with van der Waals surface area (Å²) >= 11 is 4.58. The number of nitrogens with zero attached hydrogens (tertiary/aromatic N) is 3. The van der Waals surface area contributed by atoms with Crippen LogP contribution in [0.5, 0.6) is 0 Å². The number of hydrogen-bond acceptors (Lipinski definition) is 4. The predicted molar refractivity (Wildman–Crippen MR) is 67.6 cm³/mol. The second-order valence-electron chi connectivity index (χ2n) is 3.59. The minimum Gasteiger partial charge on any atom is -0.476 e. The Hall–Kier alpha value is -1.21. The van der Waals surface area contributed by atoms with Crippen molar-refractivity contribution in [3.8, 4) is 0 Å². The lowest BCUT2D eigenvalue weighted by atomic mass is 10.4. The molecule has 0 fully saturated rings. The van der Waals surface area contributed by atoms with Crippen molar-refractivity contribution in [2.45, 2.75) is 20.4 Å². The molecule has 0 aliphatic heterocycles. The van der Waals surface area contributed by atoms with Gasteiger partial charge >= 0.3 is 5.97 Å². The second-order valence-corrected chi connectivity index (χ2v) is 5.24. The first-order valence-electron chi connectivity index (χ1n) is 4.86. The number of hydrogen-bond donors (Lipinski definition) is 1. The van der Waals surface area contributed by atoms with E-state index in [0.29, 0.717) is 12.2 Å². The van der Waals surface area contributed by atoms with Crippen molar-refractivity contribution in [1.29, 1.82) is 0 Å². The van der Waals surface area contributed by atoms with Crippen molar-refractivity contribution in [3.05, 3.63) is 31.9 Å². The molecule has 0 aliphatic carbocycles. The highest BCUT2D eigenvalue weighted by Crippen LogP contribution is 2.21. The highest BCUT2D eigenvalue weighted by atomic mass is 79.9. The molecule has 5 nitrogen and oxygen atoms in total. The van der Waals surface area contributed by atoms with Gasteiger partial charge in [-0.3, -0.25) is 4.68 Å². The summed E-state index contributed by atoms with van der Waals surface area (Å²) in [5.74, 6) is -0.990. The number of aromatic carboxylic acids is 1. The summed E-state index contributed by atoms with van der Waals surface area (Å²) in [5.41, 5.74) is 2.63. The van der Waals surface area contributed by atoms with Crippen LogP contribution in [-0.4, -0.2) is 25.8 Å². The van der Waals surface area contributed by atoms with Gasteiger partial charge in [-0.1, -0.05) is 0 Å². The van der Waals surface area contributed by atoms with Gasteiger partial charge in [0, 0.05) is 5.38 Å². The number of rotatable bonds is 3. The third-order valence-electron chi connectivity index (χ3n) is 2.34. The summed E-state index contributed by atoms with van der Waals surface area (Å²) in [6, 6.07) is 0. The zero-order valence-corrected chi connectivity index (χ0v) is 11.7. The molecule has 0 unspecified atom stereocenters. The van der Waals surface area contributed by atoms with Crippen LogP contribution >= 0.6 is 27.3 Å². The van der Waals surface area contributed by atoms with E-state index in [2.05, 4.69) is 26.0 Å². The van der Waals surface area contributed by atoms with Crippen molar-refractivity contribution in [2.75, 3.05) is 0 Å². The number of carbonyl (C=O) groups is 1. The molecule has 2 aromatic heterocycles. The van der Waals surface area contributed by atoms with E-state index < -0.39 is 5.97 Å². The lowest BCUT2D eigenvalue weighted by Gasteiger charge is -2.00. The maximum atomic E-state index is 10.7. The molecule has 2 aromatic rings. The van der Waals surface area contributed by atoms with Crippen LogP contribution in [0.25, 0.3) is 0 Å². The van der Waals surface area contributed by atoms with E-state index in [1.54, 1.807) is 10.1 Å². The molecule has 2 rings (SSSR count). The van der Waals surface area contributed by atoms with Crippen molar-refractivity contribution in [3.63, 3.8) is 0 Å². The molecule has 0 bridgehead atoms. The van der Waals surface area contributed by atoms with Crippen LogP contribution in [0.1, 0.15) is 26.9 Å². The van der Waals surface area contributed by atoms with Gasteiger partial charge in [0.05, 0.1) is 28.1 Å². The molecule has 0 radical (unpaired) electrons. The van der Waals surface area contributed by atoms with Crippen LogP contribution in [0, 0.1) is 13.8 Å². The zero-order valence-electron chi connectivity index (χ0n) is 9.27. The Morgan fingerprint density at radius 2 is 2.29 bits per heavy atom. The van der Waals surface area contributed by atoms with Gasteiger partial charge in [0.15, 0.2) is 0 Å². The molecule has 17 heavy (non-hydrogen) atoms. The number of carboxylic acid groups (broad SMARTS) is 1. The van der Waals surface area contributed by atoms with Gasteiger partial charge in [0.2, 0.25) is 5.01 Å². The van der Waals surface area contributed by atoms with Crippen LogP contribution in [0.2, 0.25) is 0 Å². The summed E-state index contributed by atoms with van der Waals surface area (Å²) in [6.07, 6.45) is 0. The monoisotopic (exact) mass is 315 g/mol. The normalized spacial score (nSPS) is 10.8. The second kappa shape index (κ2) is 4.58. The Kier molecular flexibility index (Phi) is 3.30. The topological polar surface area (TPSA) is 68.0 Å². The van der Waals surface area contributed by atoms with E-state index in [4.69, 9.17) is 5.11 Å². The molecule has 7 heteroatoms. The fourth-order valence-electron chi connectivity index (χ4n) is 1.46. The number of aryl methyl sites for hydroxylation is 1. The van der Waals surface area contributed by atoms with Gasteiger partial charge in [-0.15, -0.1) is 11.3 Å². The van der Waals surface area contributed by atoms with Crippen molar-refractivity contribution < 1.29 is 9.90 Å². The van der Waals surface area contributed by atoms with Gasteiger partial charge in [0.25, 0.3) is 0 Å². The zero-order chi connectivity index (χ0) is 12.6. The Balaban J connectivity index is 2.25. The smallest absolute Gasteiger partial charge is 0.365 e. The highest BCUT2D eigenvalue weighted by Gasteiger charge is 2.12. The van der Waals surface area contributed by atoms with Gasteiger partial charge in [-0.25, -0.2) is 9.78 Å². The average molecular weight is 316 g/mol. The summed E-state index contributed by atoms with van der Waals surface area (Å²) < 4.78 is 2.78. The average Bonchev–Trinajstić information content (AvgIpc) is 2.82. The maximum Gasteiger partial charge on any atom is 0.365 e. The first-order chi connectivity index (χ1) is 7.99. The van der Waals surface area contributed by atoms with E-state index in [9.17, 15) is 4.79 Å². The van der Waals surface area contributed by atoms with Crippen molar-refractivity contribution in [2.24, 2.45) is 0 Å². The molecule has 0 aromatic carbocycles. The molecule has 2 heterocycles. The van der Waals surface area contributed by atoms with E-state index in [0.717, 1.165) is 27.2 Å². The van der Waals surface area contributed by atoms with Crippen molar-refractivity contribution in [1.82, 2.24) is 14.8 Å². The predicted octanol–water partition coefficient (Wildman–Crippen LogP) is 2.47. The van der Waals surface area contributed by atoms with E-state index in [1.807, 2.05) is 13.8 Å². The van der Waals surface area contributed by atoms with Gasteiger partial charge in [-0.2, -0.15) is 5.10 Å². The summed E-state index contributed by atoms with van der Waals surface area (Å²) in [6.45, 7) is 4.36. The first-order valence-corrected chi connectivity index (χ1v) is 6.53. The van der Waals surface area contributed by atoms with E-state index in [1.165, 1.54) is 0 Å². The van der Waals surface area contributed by atoms with Crippen LogP contribution < -0.4 is 0 Å². The lowest BCUT2D eigenvalue weighted by Crippen LogP contribution is -2.05. The van der Waals surface area contributed by atoms with Crippen LogP contribution in [0.4, 0.5) is 0 Å². The minimum absolute atomic E-state index is 0.112. The fourth-order valence-corrected chi connectivity index (χ4v) is 2.39. The molecule has 0 atom stereocenters. The van der Waals surface area contributed by atoms with Gasteiger partial charge in [0.1, 0.15) is 0 Å². The van der Waals surface area contributed by atoms with Gasteiger partial charge < -0.3 is 5.11 Å². The summed E-state index contributed by atoms with van der Waals surface area (Å²) in [4.78, 5) is 14.7. The van der Waals surface area contributed by atoms with E-state index >= 15 is 0 Å². The quantitative estimate of drug-likeness (QED) is 0.944. The molecular formula is C10H10BrN3O2S. The number of aromatic nitrogens is 3. The summed E-state index contributed by atoms with van der Waals surface area (Å²) in [5, 5.41) is 15.0. The lowest BCUT2D eigenvalue weighted by molar-refractivity contribution is 0.0696. The Bertz CT molecular complexity index is 576. The molecule has 0 spiro atoms. The highest BCUT2D eigenvalue weighted by molar-refractivity contribution is 9.10. The van der Waals surface area contributed by atoms with Crippen LogP contribution in [0.3, 0.4) is 0 Å². The standard InChI is InChI=1S/C10H10BrN3O2S/c1-5-8(11)6(2)14(13-5)3-7-4-17-9(12-7)10(15)16/h4H,3H2,1-2H3,(H,15,16). The fraction of sp³-hybridized carbons (Fsp3) is 0.300. The SMILES string of the molecule is Cc1nn(Cc2csc(C(=O)O)n2)c(C)c1Br. The Morgan fingerprint density at radius 3 is 2.76 bits per heavy atom. The molecular weight excluding hydrogens is 306 g/mol. The third kappa shape index (κ3) is 2.39. The van der Waals surface area contributed by atoms with Crippen LogP contribution in [-0.2, 0) is 6.54 Å². The molecule has 0 amide bonds. The van der Waals surface area contributed by atoms with Crippen molar-refractivity contribution >= 4 is 33.2 Å². The molecule has 90 valence electrons. The third-order valence-corrected chi connectivity index (χ3v) is 4.37. The minimum atomic E-state index is -0.990. The molecule has 0 saturated carbocycles. The number of halogens is 1. The van der Waals surface area contributed by atoms with Gasteiger partial charge in [-0.05, 0) is 29.8 Å². The Morgan fingerprint density at radius 1 is 1.59 bits per heavy atom. The van der Waals surface area contributed by atoms with E-state index in [-0.39, 0.29) is 5.01 Å². The van der Waals surface area contributed by atoms with Crippen LogP contribution in [0.15, 0.2) is 9.85 Å². The molecule has 0 aliphatic rings. The number of carboxylic acids is 1. The number of thiazole rings is 1. The molecule has 0 saturated heterocycles. The largest absolute Gasteiger partial charge is 0.476 e.